The number of rotatable bonds is 4. The summed E-state index contributed by atoms with van der Waals surface area (Å²) in [4.78, 5) is 11.1. The van der Waals surface area contributed by atoms with Gasteiger partial charge in [-0.1, -0.05) is 39.5 Å². The molecule has 0 saturated heterocycles. The van der Waals surface area contributed by atoms with Crippen molar-refractivity contribution in [3.05, 3.63) is 0 Å². The molecule has 0 N–H and O–H groups in total. The maximum absolute atomic E-state index is 11.1. The van der Waals surface area contributed by atoms with Crippen LogP contribution in [0.2, 0.25) is 0 Å². The van der Waals surface area contributed by atoms with E-state index in [1.807, 2.05) is 0 Å². The molecule has 0 aliphatic heterocycles. The highest BCUT2D eigenvalue weighted by Gasteiger charge is 2.38. The lowest BCUT2D eigenvalue weighted by Gasteiger charge is -2.30. The van der Waals surface area contributed by atoms with E-state index in [0.29, 0.717) is 5.92 Å². The highest BCUT2D eigenvalue weighted by Crippen LogP contribution is 2.45. The van der Waals surface area contributed by atoms with E-state index in [0.717, 1.165) is 25.7 Å². The third-order valence-electron chi connectivity index (χ3n) is 3.57. The lowest BCUT2D eigenvalue weighted by atomic mass is 9.72. The molecule has 0 heterocycles. The number of hydrogen-bond donors (Lipinski definition) is 0. The second-order valence-electron chi connectivity index (χ2n) is 4.07. The van der Waals surface area contributed by atoms with Gasteiger partial charge in [-0.2, -0.15) is 0 Å². The molecule has 0 bridgehead atoms. The van der Waals surface area contributed by atoms with E-state index < -0.39 is 0 Å². The Kier molecular flexibility index (Phi) is 3.30. The Balaban J connectivity index is 2.69. The lowest BCUT2D eigenvalue weighted by Crippen LogP contribution is -2.28. The van der Waals surface area contributed by atoms with Crippen molar-refractivity contribution in [2.24, 2.45) is 11.3 Å². The number of hydrogen-bond acceptors (Lipinski definition) is 1. The van der Waals surface area contributed by atoms with E-state index in [4.69, 9.17) is 0 Å². The quantitative estimate of drug-likeness (QED) is 0.589. The monoisotopic (exact) mass is 168 g/mol. The van der Waals surface area contributed by atoms with Gasteiger partial charge in [-0.05, 0) is 18.8 Å². The largest absolute Gasteiger partial charge is 0.303 e. The second kappa shape index (κ2) is 4.06. The molecule has 0 aromatic rings. The van der Waals surface area contributed by atoms with Crippen molar-refractivity contribution in [2.75, 3.05) is 0 Å². The summed E-state index contributed by atoms with van der Waals surface area (Å²) >= 11 is 0. The molecule has 1 aliphatic rings. The average molecular weight is 168 g/mol. The number of carbonyl (C=O) groups is 1. The van der Waals surface area contributed by atoms with Crippen molar-refractivity contribution in [1.82, 2.24) is 0 Å². The van der Waals surface area contributed by atoms with Crippen molar-refractivity contribution in [3.63, 3.8) is 0 Å². The molecule has 0 radical (unpaired) electrons. The van der Waals surface area contributed by atoms with Gasteiger partial charge in [0.15, 0.2) is 0 Å². The van der Waals surface area contributed by atoms with Crippen molar-refractivity contribution in [1.29, 1.82) is 0 Å². The van der Waals surface area contributed by atoms with Crippen molar-refractivity contribution in [2.45, 2.75) is 52.4 Å². The molecule has 1 heteroatoms. The van der Waals surface area contributed by atoms with E-state index in [9.17, 15) is 4.79 Å². The molecule has 1 rings (SSSR count). The third-order valence-corrected chi connectivity index (χ3v) is 3.57. The Morgan fingerprint density at radius 2 is 1.75 bits per heavy atom. The van der Waals surface area contributed by atoms with Crippen LogP contribution in [0.4, 0.5) is 0 Å². The minimum Gasteiger partial charge on any atom is -0.303 e. The van der Waals surface area contributed by atoms with E-state index in [2.05, 4.69) is 13.8 Å². The third kappa shape index (κ3) is 1.55. The molecular weight excluding hydrogens is 148 g/mol. The highest BCUT2D eigenvalue weighted by atomic mass is 16.1. The number of aldehydes is 1. The summed E-state index contributed by atoms with van der Waals surface area (Å²) in [6.07, 6.45) is 8.37. The Morgan fingerprint density at radius 3 is 2.08 bits per heavy atom. The Labute approximate surface area is 75.5 Å². The predicted molar refractivity (Wildman–Crippen MR) is 51.0 cm³/mol. The van der Waals surface area contributed by atoms with Gasteiger partial charge in [-0.15, -0.1) is 0 Å². The van der Waals surface area contributed by atoms with Gasteiger partial charge in [0.25, 0.3) is 0 Å². The molecule has 1 aliphatic carbocycles. The SMILES string of the molecule is CCC(CC)C1(C=O)CCCC1. The molecule has 0 atom stereocenters. The van der Waals surface area contributed by atoms with Gasteiger partial charge in [-0.3, -0.25) is 0 Å². The molecule has 0 amide bonds. The molecule has 12 heavy (non-hydrogen) atoms. The molecule has 0 aromatic carbocycles. The maximum atomic E-state index is 11.1. The van der Waals surface area contributed by atoms with Gasteiger partial charge in [-0.25, -0.2) is 0 Å². The molecular formula is C11H20O. The fourth-order valence-corrected chi connectivity index (χ4v) is 2.76. The summed E-state index contributed by atoms with van der Waals surface area (Å²) in [6.45, 7) is 4.41. The van der Waals surface area contributed by atoms with E-state index in [-0.39, 0.29) is 5.41 Å². The second-order valence-corrected chi connectivity index (χ2v) is 4.07. The summed E-state index contributed by atoms with van der Waals surface area (Å²) < 4.78 is 0. The Morgan fingerprint density at radius 1 is 1.25 bits per heavy atom. The highest BCUT2D eigenvalue weighted by molar-refractivity contribution is 5.60. The van der Waals surface area contributed by atoms with Crippen LogP contribution < -0.4 is 0 Å². The molecule has 1 saturated carbocycles. The zero-order chi connectivity index (χ0) is 9.03. The normalized spacial score (nSPS) is 21.6. The molecule has 0 unspecified atom stereocenters. The van der Waals surface area contributed by atoms with Crippen LogP contribution in [0.3, 0.4) is 0 Å². The molecule has 1 fully saturated rings. The first-order valence-electron chi connectivity index (χ1n) is 5.25. The predicted octanol–water partition coefficient (Wildman–Crippen LogP) is 3.18. The van der Waals surface area contributed by atoms with Crippen LogP contribution in [0.1, 0.15) is 52.4 Å². The first-order valence-corrected chi connectivity index (χ1v) is 5.25. The van der Waals surface area contributed by atoms with Crippen LogP contribution in [0.5, 0.6) is 0 Å². The first-order chi connectivity index (χ1) is 5.79. The molecule has 0 spiro atoms. The first kappa shape index (κ1) is 9.76. The molecule has 1 nitrogen and oxygen atoms in total. The smallest absolute Gasteiger partial charge is 0.126 e. The van der Waals surface area contributed by atoms with Crippen LogP contribution in [0.25, 0.3) is 0 Å². The van der Waals surface area contributed by atoms with Crippen LogP contribution in [-0.2, 0) is 4.79 Å². The van der Waals surface area contributed by atoms with E-state index >= 15 is 0 Å². The maximum Gasteiger partial charge on any atom is 0.126 e. The Bertz CT molecular complexity index is 141. The standard InChI is InChI=1S/C11H20O/c1-3-10(4-2)11(9-12)7-5-6-8-11/h9-10H,3-8H2,1-2H3. The Hall–Kier alpha value is -0.330. The van der Waals surface area contributed by atoms with Gasteiger partial charge in [0, 0.05) is 5.41 Å². The molecule has 70 valence electrons. The van der Waals surface area contributed by atoms with Gasteiger partial charge in [0.1, 0.15) is 6.29 Å². The van der Waals surface area contributed by atoms with Crippen LogP contribution in [0, 0.1) is 11.3 Å². The number of carbonyl (C=O) groups excluding carboxylic acids is 1. The summed E-state index contributed by atoms with van der Waals surface area (Å²) in [5.41, 5.74) is 0.0729. The zero-order valence-corrected chi connectivity index (χ0v) is 8.31. The fraction of sp³-hybridized carbons (Fsp3) is 0.909. The van der Waals surface area contributed by atoms with Crippen LogP contribution in [0.15, 0.2) is 0 Å². The summed E-state index contributed by atoms with van der Waals surface area (Å²) in [6, 6.07) is 0. The van der Waals surface area contributed by atoms with E-state index in [1.165, 1.54) is 19.1 Å². The van der Waals surface area contributed by atoms with E-state index in [1.54, 1.807) is 0 Å². The fourth-order valence-electron chi connectivity index (χ4n) is 2.76. The van der Waals surface area contributed by atoms with Crippen molar-refractivity contribution >= 4 is 6.29 Å². The summed E-state index contributed by atoms with van der Waals surface area (Å²) in [7, 11) is 0. The zero-order valence-electron chi connectivity index (χ0n) is 8.31. The lowest BCUT2D eigenvalue weighted by molar-refractivity contribution is -0.119. The van der Waals surface area contributed by atoms with Crippen molar-refractivity contribution in [3.8, 4) is 0 Å². The van der Waals surface area contributed by atoms with Crippen molar-refractivity contribution < 1.29 is 4.79 Å². The average Bonchev–Trinajstić information content (AvgIpc) is 2.56. The van der Waals surface area contributed by atoms with Gasteiger partial charge in [0.2, 0.25) is 0 Å². The van der Waals surface area contributed by atoms with Gasteiger partial charge < -0.3 is 4.79 Å². The minimum absolute atomic E-state index is 0.0729. The van der Waals surface area contributed by atoms with Crippen LogP contribution >= 0.6 is 0 Å². The topological polar surface area (TPSA) is 17.1 Å². The summed E-state index contributed by atoms with van der Waals surface area (Å²) in [5.74, 6) is 0.637. The van der Waals surface area contributed by atoms with Gasteiger partial charge in [0.05, 0.1) is 0 Å². The van der Waals surface area contributed by atoms with Gasteiger partial charge >= 0.3 is 0 Å². The summed E-state index contributed by atoms with van der Waals surface area (Å²) in [5, 5.41) is 0. The molecule has 0 aromatic heterocycles. The minimum atomic E-state index is 0.0729. The van der Waals surface area contributed by atoms with Crippen LogP contribution in [-0.4, -0.2) is 6.29 Å².